The van der Waals surface area contributed by atoms with Crippen molar-refractivity contribution in [3.05, 3.63) is 0 Å². The normalized spacial score (nSPS) is 21.8. The van der Waals surface area contributed by atoms with Crippen molar-refractivity contribution in [2.24, 2.45) is 11.1 Å². The molecule has 0 aromatic carbocycles. The van der Waals surface area contributed by atoms with Crippen molar-refractivity contribution in [2.45, 2.75) is 26.4 Å². The quantitative estimate of drug-likeness (QED) is 0.675. The van der Waals surface area contributed by atoms with Gasteiger partial charge in [0.05, 0.1) is 0 Å². The van der Waals surface area contributed by atoms with Gasteiger partial charge in [0.2, 0.25) is 0 Å². The van der Waals surface area contributed by atoms with E-state index in [0.717, 1.165) is 0 Å². The first-order valence-electron chi connectivity index (χ1n) is 5.73. The number of urea groups is 1. The lowest BCUT2D eigenvalue weighted by atomic mass is 9.73. The Labute approximate surface area is 101 Å². The van der Waals surface area contributed by atoms with Gasteiger partial charge < -0.3 is 20.3 Å². The molecule has 2 rings (SSSR count). The van der Waals surface area contributed by atoms with Crippen LogP contribution >= 0.6 is 0 Å². The Bertz CT molecular complexity index is 347. The smallest absolute Gasteiger partial charge is 0.410 e. The van der Waals surface area contributed by atoms with Crippen molar-refractivity contribution >= 4 is 12.1 Å². The summed E-state index contributed by atoms with van der Waals surface area (Å²) in [5.74, 6) is 0. The lowest BCUT2D eigenvalue weighted by Gasteiger charge is -2.59. The van der Waals surface area contributed by atoms with E-state index in [9.17, 15) is 9.59 Å². The van der Waals surface area contributed by atoms with E-state index < -0.39 is 5.60 Å². The number of carbonyl (C=O) groups excluding carboxylic acids is 2. The molecule has 2 saturated heterocycles. The molecule has 0 atom stereocenters. The lowest BCUT2D eigenvalue weighted by Crippen LogP contribution is -2.74. The summed E-state index contributed by atoms with van der Waals surface area (Å²) in [5, 5.41) is 0. The summed E-state index contributed by atoms with van der Waals surface area (Å²) in [6, 6.07) is -0.383. The average molecular weight is 241 g/mol. The van der Waals surface area contributed by atoms with Crippen LogP contribution in [-0.2, 0) is 4.74 Å². The second kappa shape index (κ2) is 3.51. The molecule has 2 fully saturated rings. The minimum absolute atomic E-state index is 0.0753. The summed E-state index contributed by atoms with van der Waals surface area (Å²) >= 11 is 0. The van der Waals surface area contributed by atoms with Gasteiger partial charge in [-0.05, 0) is 20.8 Å². The molecule has 0 aromatic rings. The molecule has 17 heavy (non-hydrogen) atoms. The predicted molar refractivity (Wildman–Crippen MR) is 61.4 cm³/mol. The molecule has 0 radical (unpaired) electrons. The first-order chi connectivity index (χ1) is 7.71. The van der Waals surface area contributed by atoms with E-state index in [4.69, 9.17) is 10.5 Å². The third-order valence-electron chi connectivity index (χ3n) is 3.07. The fraction of sp³-hybridized carbons (Fsp3) is 0.818. The fourth-order valence-electron chi connectivity index (χ4n) is 2.34. The van der Waals surface area contributed by atoms with Crippen LogP contribution in [0.5, 0.6) is 0 Å². The number of ether oxygens (including phenoxy) is 1. The van der Waals surface area contributed by atoms with Crippen molar-refractivity contribution in [1.29, 1.82) is 0 Å². The van der Waals surface area contributed by atoms with Crippen molar-refractivity contribution in [3.8, 4) is 0 Å². The van der Waals surface area contributed by atoms with E-state index in [1.807, 2.05) is 20.8 Å². The molecular formula is C11H19N3O3. The molecule has 3 amide bonds. The van der Waals surface area contributed by atoms with Gasteiger partial charge in [-0.15, -0.1) is 0 Å². The van der Waals surface area contributed by atoms with Gasteiger partial charge in [0.15, 0.2) is 0 Å². The van der Waals surface area contributed by atoms with Crippen molar-refractivity contribution in [2.75, 3.05) is 26.2 Å². The highest BCUT2D eigenvalue weighted by molar-refractivity contribution is 5.74. The summed E-state index contributed by atoms with van der Waals surface area (Å²) in [5.41, 5.74) is 4.77. The number of nitrogens with zero attached hydrogens (tertiary/aromatic N) is 2. The highest BCUT2D eigenvalue weighted by Gasteiger charge is 2.54. The maximum Gasteiger partial charge on any atom is 0.410 e. The molecule has 0 saturated carbocycles. The largest absolute Gasteiger partial charge is 0.444 e. The highest BCUT2D eigenvalue weighted by atomic mass is 16.6. The lowest BCUT2D eigenvalue weighted by molar-refractivity contribution is -0.0941. The SMILES string of the molecule is CC(C)(C)OC(=O)N1CC2(CN(C(N)=O)C2)C1. The van der Waals surface area contributed by atoms with Crippen LogP contribution in [0.25, 0.3) is 0 Å². The molecule has 6 nitrogen and oxygen atoms in total. The number of carbonyl (C=O) groups is 2. The Hall–Kier alpha value is -1.46. The molecular weight excluding hydrogens is 222 g/mol. The van der Waals surface area contributed by atoms with E-state index in [0.29, 0.717) is 26.2 Å². The maximum absolute atomic E-state index is 11.7. The third-order valence-corrected chi connectivity index (χ3v) is 3.07. The van der Waals surface area contributed by atoms with Crippen LogP contribution in [0.3, 0.4) is 0 Å². The van der Waals surface area contributed by atoms with Crippen LogP contribution in [0.2, 0.25) is 0 Å². The standard InChI is InChI=1S/C11H19N3O3/c1-10(2,3)17-9(16)14-6-11(7-14)4-13(5-11)8(12)15/h4-7H2,1-3H3,(H2,12,15). The molecule has 2 aliphatic heterocycles. The maximum atomic E-state index is 11.7. The first kappa shape index (κ1) is 12.0. The third kappa shape index (κ3) is 2.30. The van der Waals surface area contributed by atoms with Gasteiger partial charge in [-0.3, -0.25) is 0 Å². The van der Waals surface area contributed by atoms with Crippen LogP contribution < -0.4 is 5.73 Å². The van der Waals surface area contributed by atoms with Gasteiger partial charge in [0, 0.05) is 31.6 Å². The number of nitrogens with two attached hydrogens (primary N) is 1. The van der Waals surface area contributed by atoms with E-state index in [2.05, 4.69) is 0 Å². The molecule has 96 valence electrons. The molecule has 0 unspecified atom stereocenters. The summed E-state index contributed by atoms with van der Waals surface area (Å²) in [6.07, 6.45) is -0.277. The number of hydrogen-bond acceptors (Lipinski definition) is 3. The highest BCUT2D eigenvalue weighted by Crippen LogP contribution is 2.39. The van der Waals surface area contributed by atoms with Crippen LogP contribution in [0, 0.1) is 5.41 Å². The Kier molecular flexibility index (Phi) is 2.48. The Balaban J connectivity index is 1.77. The Morgan fingerprint density at radius 2 is 1.59 bits per heavy atom. The zero-order chi connectivity index (χ0) is 12.8. The number of hydrogen-bond donors (Lipinski definition) is 1. The molecule has 2 N–H and O–H groups in total. The first-order valence-corrected chi connectivity index (χ1v) is 5.73. The van der Waals surface area contributed by atoms with Crippen LogP contribution in [0.4, 0.5) is 9.59 Å². The topological polar surface area (TPSA) is 75.9 Å². The molecule has 2 aliphatic rings. The molecule has 1 spiro atoms. The second-order valence-electron chi connectivity index (χ2n) is 6.03. The van der Waals surface area contributed by atoms with Crippen LogP contribution in [0.15, 0.2) is 0 Å². The molecule has 2 heterocycles. The molecule has 0 bridgehead atoms. The minimum Gasteiger partial charge on any atom is -0.444 e. The zero-order valence-corrected chi connectivity index (χ0v) is 10.5. The summed E-state index contributed by atoms with van der Waals surface area (Å²) in [4.78, 5) is 25.8. The van der Waals surface area contributed by atoms with Crippen molar-refractivity contribution in [1.82, 2.24) is 9.80 Å². The van der Waals surface area contributed by atoms with Gasteiger partial charge in [-0.1, -0.05) is 0 Å². The number of likely N-dealkylation sites (tertiary alicyclic amines) is 2. The summed E-state index contributed by atoms with van der Waals surface area (Å²) in [7, 11) is 0. The van der Waals surface area contributed by atoms with Gasteiger partial charge in [-0.2, -0.15) is 0 Å². The van der Waals surface area contributed by atoms with Gasteiger partial charge in [0.25, 0.3) is 0 Å². The van der Waals surface area contributed by atoms with Crippen LogP contribution in [-0.4, -0.2) is 53.7 Å². The van der Waals surface area contributed by atoms with Gasteiger partial charge >= 0.3 is 12.1 Å². The summed E-state index contributed by atoms with van der Waals surface area (Å²) < 4.78 is 5.26. The van der Waals surface area contributed by atoms with Crippen molar-refractivity contribution < 1.29 is 14.3 Å². The average Bonchev–Trinajstić information content (AvgIpc) is 1.93. The van der Waals surface area contributed by atoms with Gasteiger partial charge in [0.1, 0.15) is 5.60 Å². The Morgan fingerprint density at radius 1 is 1.12 bits per heavy atom. The second-order valence-corrected chi connectivity index (χ2v) is 6.03. The van der Waals surface area contributed by atoms with Crippen LogP contribution in [0.1, 0.15) is 20.8 Å². The molecule has 6 heteroatoms. The van der Waals surface area contributed by atoms with E-state index in [1.165, 1.54) is 0 Å². The Morgan fingerprint density at radius 3 is 2.00 bits per heavy atom. The fourth-order valence-corrected chi connectivity index (χ4v) is 2.34. The number of primary amides is 1. The number of rotatable bonds is 0. The predicted octanol–water partition coefficient (Wildman–Crippen LogP) is 0.618. The number of amides is 3. The van der Waals surface area contributed by atoms with Gasteiger partial charge in [-0.25, -0.2) is 9.59 Å². The van der Waals surface area contributed by atoms with Crippen molar-refractivity contribution in [3.63, 3.8) is 0 Å². The van der Waals surface area contributed by atoms with E-state index in [-0.39, 0.29) is 17.5 Å². The molecule has 0 aromatic heterocycles. The van der Waals surface area contributed by atoms with E-state index in [1.54, 1.807) is 9.80 Å². The monoisotopic (exact) mass is 241 g/mol. The molecule has 0 aliphatic carbocycles. The minimum atomic E-state index is -0.460. The van der Waals surface area contributed by atoms with E-state index >= 15 is 0 Å². The summed E-state index contributed by atoms with van der Waals surface area (Å²) in [6.45, 7) is 8.16. The zero-order valence-electron chi connectivity index (χ0n) is 10.5.